The highest BCUT2D eigenvalue weighted by molar-refractivity contribution is 5.97. The smallest absolute Gasteiger partial charge is 0.328 e. The maximum atomic E-state index is 12.3. The zero-order chi connectivity index (χ0) is 15.2. The first-order valence-corrected chi connectivity index (χ1v) is 6.86. The minimum Gasteiger partial charge on any atom is -0.478 e. The first-order valence-electron chi connectivity index (χ1n) is 6.86. The van der Waals surface area contributed by atoms with E-state index in [2.05, 4.69) is 10.3 Å². The molecule has 2 atom stereocenters. The lowest BCUT2D eigenvalue weighted by molar-refractivity contribution is -0.131. The second-order valence-corrected chi connectivity index (χ2v) is 4.93. The van der Waals surface area contributed by atoms with Crippen LogP contribution < -0.4 is 5.32 Å². The van der Waals surface area contributed by atoms with Crippen LogP contribution in [0.4, 0.5) is 0 Å². The molecule has 1 aromatic rings. The van der Waals surface area contributed by atoms with E-state index in [1.165, 1.54) is 12.3 Å². The first-order chi connectivity index (χ1) is 10.1. The second-order valence-electron chi connectivity index (χ2n) is 4.93. The van der Waals surface area contributed by atoms with Gasteiger partial charge in [0.1, 0.15) is 5.69 Å². The number of carboxylic acid groups (broad SMARTS) is 1. The summed E-state index contributed by atoms with van der Waals surface area (Å²) in [6, 6.07) is 3.19. The number of carbonyl (C=O) groups excluding carboxylic acids is 1. The Labute approximate surface area is 122 Å². The van der Waals surface area contributed by atoms with Crippen molar-refractivity contribution < 1.29 is 19.4 Å². The zero-order valence-electron chi connectivity index (χ0n) is 11.8. The van der Waals surface area contributed by atoms with Crippen LogP contribution in [0.2, 0.25) is 0 Å². The summed E-state index contributed by atoms with van der Waals surface area (Å²) in [5.74, 6) is -1.40. The number of nitrogens with zero attached hydrogens (tertiary/aromatic N) is 1. The summed E-state index contributed by atoms with van der Waals surface area (Å²) in [4.78, 5) is 26.9. The third-order valence-corrected chi connectivity index (χ3v) is 3.34. The summed E-state index contributed by atoms with van der Waals surface area (Å²) in [5.41, 5.74) is 0.678. The summed E-state index contributed by atoms with van der Waals surface area (Å²) in [7, 11) is 0. The van der Waals surface area contributed by atoms with Crippen molar-refractivity contribution >= 4 is 18.0 Å². The molecule has 0 bridgehead atoms. The minimum absolute atomic E-state index is 0.0238. The van der Waals surface area contributed by atoms with Crippen molar-refractivity contribution in [3.05, 3.63) is 35.7 Å². The van der Waals surface area contributed by atoms with Crippen LogP contribution in [0.3, 0.4) is 0 Å². The zero-order valence-corrected chi connectivity index (χ0v) is 11.8. The third-order valence-electron chi connectivity index (χ3n) is 3.34. The van der Waals surface area contributed by atoms with Gasteiger partial charge in [0.15, 0.2) is 0 Å². The summed E-state index contributed by atoms with van der Waals surface area (Å²) in [6.07, 6.45) is 5.80. The van der Waals surface area contributed by atoms with Crippen LogP contribution in [0.25, 0.3) is 6.08 Å². The van der Waals surface area contributed by atoms with Gasteiger partial charge in [-0.25, -0.2) is 4.79 Å². The number of carboxylic acids is 1. The average Bonchev–Trinajstić information content (AvgIpc) is 2.99. The van der Waals surface area contributed by atoms with Gasteiger partial charge in [-0.1, -0.05) is 6.07 Å². The molecule has 2 heterocycles. The summed E-state index contributed by atoms with van der Waals surface area (Å²) < 4.78 is 5.53. The van der Waals surface area contributed by atoms with Gasteiger partial charge in [0.05, 0.1) is 12.1 Å². The molecule has 2 unspecified atom stereocenters. The van der Waals surface area contributed by atoms with E-state index < -0.39 is 5.97 Å². The fourth-order valence-corrected chi connectivity index (χ4v) is 2.27. The normalized spacial score (nSPS) is 19.6. The molecule has 112 valence electrons. The summed E-state index contributed by atoms with van der Waals surface area (Å²) in [5, 5.41) is 11.5. The summed E-state index contributed by atoms with van der Waals surface area (Å²) in [6.45, 7) is 2.62. The molecule has 0 radical (unpaired) electrons. The number of pyridine rings is 1. The Hall–Kier alpha value is -2.21. The number of carbonyl (C=O) groups is 2. The lowest BCUT2D eigenvalue weighted by Gasteiger charge is -2.20. The molecule has 0 aliphatic carbocycles. The van der Waals surface area contributed by atoms with Crippen molar-refractivity contribution in [3.63, 3.8) is 0 Å². The Balaban J connectivity index is 2.09. The molecule has 1 amide bonds. The third kappa shape index (κ3) is 4.13. The molecule has 0 saturated carbocycles. The largest absolute Gasteiger partial charge is 0.478 e. The highest BCUT2D eigenvalue weighted by Crippen LogP contribution is 2.16. The van der Waals surface area contributed by atoms with Gasteiger partial charge >= 0.3 is 5.97 Å². The standard InChI is InChI=1S/C15H18N2O4/c1-10(12-5-3-9-21-12)17-15(20)14-11(4-2-8-16-14)6-7-13(18)19/h2,4,6-8,10,12H,3,5,9H2,1H3,(H,17,20)(H,18,19)/b7-6+. The van der Waals surface area contributed by atoms with E-state index in [-0.39, 0.29) is 23.7 Å². The number of rotatable bonds is 5. The van der Waals surface area contributed by atoms with Gasteiger partial charge < -0.3 is 15.2 Å². The molecule has 6 nitrogen and oxygen atoms in total. The Morgan fingerprint density at radius 3 is 3.05 bits per heavy atom. The molecule has 6 heteroatoms. The predicted octanol–water partition coefficient (Wildman–Crippen LogP) is 1.48. The SMILES string of the molecule is CC(NC(=O)c1ncccc1/C=C/C(=O)O)C1CCCO1. The fourth-order valence-electron chi connectivity index (χ4n) is 2.27. The fraction of sp³-hybridized carbons (Fsp3) is 0.400. The van der Waals surface area contributed by atoms with Crippen molar-refractivity contribution in [3.8, 4) is 0 Å². The molecular formula is C15H18N2O4. The van der Waals surface area contributed by atoms with Crippen molar-refractivity contribution in [2.24, 2.45) is 0 Å². The second kappa shape index (κ2) is 6.99. The van der Waals surface area contributed by atoms with Gasteiger partial charge in [-0.2, -0.15) is 0 Å². The molecule has 1 saturated heterocycles. The van der Waals surface area contributed by atoms with Crippen LogP contribution in [-0.4, -0.2) is 40.7 Å². The Morgan fingerprint density at radius 2 is 2.38 bits per heavy atom. The van der Waals surface area contributed by atoms with Gasteiger partial charge in [-0.05, 0) is 31.9 Å². The number of aromatic nitrogens is 1. The van der Waals surface area contributed by atoms with Crippen LogP contribution >= 0.6 is 0 Å². The first kappa shape index (κ1) is 15.2. The monoisotopic (exact) mass is 290 g/mol. The van der Waals surface area contributed by atoms with Crippen LogP contribution in [0.1, 0.15) is 35.8 Å². The Morgan fingerprint density at radius 1 is 1.57 bits per heavy atom. The molecule has 0 spiro atoms. The molecule has 21 heavy (non-hydrogen) atoms. The van der Waals surface area contributed by atoms with E-state index >= 15 is 0 Å². The van der Waals surface area contributed by atoms with E-state index in [0.29, 0.717) is 5.56 Å². The lowest BCUT2D eigenvalue weighted by Crippen LogP contribution is -2.41. The predicted molar refractivity (Wildman–Crippen MR) is 76.8 cm³/mol. The number of hydrogen-bond donors (Lipinski definition) is 2. The number of hydrogen-bond acceptors (Lipinski definition) is 4. The van der Waals surface area contributed by atoms with Crippen LogP contribution in [-0.2, 0) is 9.53 Å². The minimum atomic E-state index is -1.07. The number of aliphatic carboxylic acids is 1. The topological polar surface area (TPSA) is 88.5 Å². The van der Waals surface area contributed by atoms with Gasteiger partial charge in [-0.15, -0.1) is 0 Å². The van der Waals surface area contributed by atoms with E-state index in [4.69, 9.17) is 9.84 Å². The van der Waals surface area contributed by atoms with Gasteiger partial charge in [0.2, 0.25) is 0 Å². The van der Waals surface area contributed by atoms with Crippen molar-refractivity contribution in [1.82, 2.24) is 10.3 Å². The Bertz CT molecular complexity index is 550. The Kier molecular flexibility index (Phi) is 5.05. The molecule has 2 N–H and O–H groups in total. The molecular weight excluding hydrogens is 272 g/mol. The quantitative estimate of drug-likeness (QED) is 0.802. The molecule has 1 aliphatic rings. The molecule has 1 aromatic heterocycles. The van der Waals surface area contributed by atoms with E-state index in [1.807, 2.05) is 6.92 Å². The van der Waals surface area contributed by atoms with Crippen molar-refractivity contribution in [2.45, 2.75) is 31.9 Å². The van der Waals surface area contributed by atoms with Crippen LogP contribution in [0.5, 0.6) is 0 Å². The number of nitrogens with one attached hydrogen (secondary N) is 1. The van der Waals surface area contributed by atoms with Crippen LogP contribution in [0.15, 0.2) is 24.4 Å². The molecule has 1 fully saturated rings. The number of amides is 1. The van der Waals surface area contributed by atoms with Gasteiger partial charge in [0, 0.05) is 24.4 Å². The van der Waals surface area contributed by atoms with Crippen LogP contribution in [0, 0.1) is 0 Å². The van der Waals surface area contributed by atoms with E-state index in [9.17, 15) is 9.59 Å². The van der Waals surface area contributed by atoms with E-state index in [0.717, 1.165) is 25.5 Å². The molecule has 1 aliphatic heterocycles. The van der Waals surface area contributed by atoms with Gasteiger partial charge in [-0.3, -0.25) is 9.78 Å². The van der Waals surface area contributed by atoms with Crippen molar-refractivity contribution in [1.29, 1.82) is 0 Å². The highest BCUT2D eigenvalue weighted by Gasteiger charge is 2.24. The average molecular weight is 290 g/mol. The molecule has 0 aromatic carbocycles. The molecule has 2 rings (SSSR count). The lowest BCUT2D eigenvalue weighted by atomic mass is 10.1. The summed E-state index contributed by atoms with van der Waals surface area (Å²) >= 11 is 0. The van der Waals surface area contributed by atoms with Gasteiger partial charge in [0.25, 0.3) is 5.91 Å². The van der Waals surface area contributed by atoms with Crippen molar-refractivity contribution in [2.75, 3.05) is 6.61 Å². The number of ether oxygens (including phenoxy) is 1. The maximum Gasteiger partial charge on any atom is 0.328 e. The van der Waals surface area contributed by atoms with E-state index in [1.54, 1.807) is 12.1 Å². The highest BCUT2D eigenvalue weighted by atomic mass is 16.5. The maximum absolute atomic E-state index is 12.3.